The van der Waals surface area contributed by atoms with E-state index in [0.29, 0.717) is 17.1 Å². The van der Waals surface area contributed by atoms with Crippen LogP contribution in [0.3, 0.4) is 0 Å². The van der Waals surface area contributed by atoms with Crippen molar-refractivity contribution in [2.24, 2.45) is 0 Å². The molecule has 0 fully saturated rings. The highest BCUT2D eigenvalue weighted by molar-refractivity contribution is 9.10. The van der Waals surface area contributed by atoms with Crippen molar-refractivity contribution >= 4 is 26.8 Å². The van der Waals surface area contributed by atoms with Gasteiger partial charge in [0.25, 0.3) is 0 Å². The third kappa shape index (κ3) is 2.49. The van der Waals surface area contributed by atoms with Crippen LogP contribution in [0.2, 0.25) is 0 Å². The van der Waals surface area contributed by atoms with Crippen LogP contribution in [-0.4, -0.2) is 4.98 Å². The first-order chi connectivity index (χ1) is 9.76. The zero-order chi connectivity index (χ0) is 13.9. The minimum atomic E-state index is 0.581. The highest BCUT2D eigenvalue weighted by atomic mass is 79.9. The first kappa shape index (κ1) is 12.6. The number of rotatable bonds is 2. The van der Waals surface area contributed by atoms with E-state index in [-0.39, 0.29) is 0 Å². The number of aromatic nitrogens is 1. The topological polar surface area (TPSA) is 45.9 Å². The Morgan fingerprint density at radius 1 is 1.05 bits per heavy atom. The monoisotopic (exact) mass is 324 g/mol. The Morgan fingerprint density at radius 2 is 1.85 bits per heavy atom. The molecule has 0 bridgehead atoms. The van der Waals surface area contributed by atoms with Crippen LogP contribution in [0.4, 0.5) is 0 Å². The molecule has 1 heterocycles. The van der Waals surface area contributed by atoms with E-state index >= 15 is 0 Å². The summed E-state index contributed by atoms with van der Waals surface area (Å²) in [5.74, 6) is 1.39. The third-order valence-corrected chi connectivity index (χ3v) is 3.53. The SMILES string of the molecule is N#Cc1ccc(Oc2ccc3cccnc3c2)cc1Br. The molecule has 0 amide bonds. The van der Waals surface area contributed by atoms with E-state index in [1.54, 1.807) is 24.4 Å². The largest absolute Gasteiger partial charge is 0.457 e. The van der Waals surface area contributed by atoms with Crippen LogP contribution >= 0.6 is 15.9 Å². The highest BCUT2D eigenvalue weighted by Gasteiger charge is 2.04. The molecule has 0 aliphatic heterocycles. The maximum atomic E-state index is 8.89. The van der Waals surface area contributed by atoms with Gasteiger partial charge in [-0.1, -0.05) is 6.07 Å². The Hall–Kier alpha value is -2.38. The van der Waals surface area contributed by atoms with Crippen LogP contribution < -0.4 is 4.74 Å². The van der Waals surface area contributed by atoms with Crippen molar-refractivity contribution in [2.45, 2.75) is 0 Å². The number of halogens is 1. The van der Waals surface area contributed by atoms with Crippen molar-refractivity contribution in [2.75, 3.05) is 0 Å². The van der Waals surface area contributed by atoms with E-state index in [2.05, 4.69) is 27.0 Å². The molecule has 0 N–H and O–H groups in total. The number of benzene rings is 2. The lowest BCUT2D eigenvalue weighted by molar-refractivity contribution is 0.483. The molecule has 1 aromatic heterocycles. The molecule has 2 aromatic carbocycles. The number of nitrogens with zero attached hydrogens (tertiary/aromatic N) is 2. The van der Waals surface area contributed by atoms with E-state index in [9.17, 15) is 0 Å². The number of ether oxygens (including phenoxy) is 1. The van der Waals surface area contributed by atoms with Crippen LogP contribution in [0.5, 0.6) is 11.5 Å². The summed E-state index contributed by atoms with van der Waals surface area (Å²) >= 11 is 3.35. The molecule has 0 unspecified atom stereocenters. The minimum absolute atomic E-state index is 0.581. The summed E-state index contributed by atoms with van der Waals surface area (Å²) < 4.78 is 6.51. The van der Waals surface area contributed by atoms with Gasteiger partial charge < -0.3 is 4.74 Å². The number of hydrogen-bond donors (Lipinski definition) is 0. The fourth-order valence-corrected chi connectivity index (χ4v) is 2.34. The van der Waals surface area contributed by atoms with Crippen LogP contribution in [0.1, 0.15) is 5.56 Å². The summed E-state index contributed by atoms with van der Waals surface area (Å²) in [7, 11) is 0. The molecular formula is C16H9BrN2O. The van der Waals surface area contributed by atoms with Crippen molar-refractivity contribution < 1.29 is 4.74 Å². The summed E-state index contributed by atoms with van der Waals surface area (Å²) in [6.07, 6.45) is 1.75. The van der Waals surface area contributed by atoms with E-state index < -0.39 is 0 Å². The number of pyridine rings is 1. The molecule has 3 rings (SSSR count). The zero-order valence-electron chi connectivity index (χ0n) is 10.4. The number of fused-ring (bicyclic) bond motifs is 1. The van der Waals surface area contributed by atoms with Gasteiger partial charge >= 0.3 is 0 Å². The van der Waals surface area contributed by atoms with Crippen LogP contribution in [0.15, 0.2) is 59.2 Å². The van der Waals surface area contributed by atoms with Gasteiger partial charge in [-0.3, -0.25) is 4.98 Å². The summed E-state index contributed by atoms with van der Waals surface area (Å²) in [5, 5.41) is 9.96. The molecule has 0 atom stereocenters. The standard InChI is InChI=1S/C16H9BrN2O/c17-15-8-13(6-4-12(15)10-18)20-14-5-3-11-2-1-7-19-16(11)9-14/h1-9H. The first-order valence-corrected chi connectivity index (χ1v) is 6.78. The maximum Gasteiger partial charge on any atom is 0.129 e. The lowest BCUT2D eigenvalue weighted by atomic mass is 10.2. The Labute approximate surface area is 124 Å². The average Bonchev–Trinajstić information content (AvgIpc) is 2.47. The smallest absolute Gasteiger partial charge is 0.129 e. The summed E-state index contributed by atoms with van der Waals surface area (Å²) in [4.78, 5) is 4.30. The lowest BCUT2D eigenvalue weighted by Gasteiger charge is -2.07. The minimum Gasteiger partial charge on any atom is -0.457 e. The van der Waals surface area contributed by atoms with Crippen molar-refractivity contribution in [1.29, 1.82) is 5.26 Å². The van der Waals surface area contributed by atoms with Gasteiger partial charge in [-0.05, 0) is 52.3 Å². The van der Waals surface area contributed by atoms with Gasteiger partial charge in [-0.2, -0.15) is 5.26 Å². The Kier molecular flexibility index (Phi) is 3.36. The normalized spacial score (nSPS) is 10.2. The number of hydrogen-bond acceptors (Lipinski definition) is 3. The molecule has 0 saturated heterocycles. The van der Waals surface area contributed by atoms with Gasteiger partial charge in [-0.25, -0.2) is 0 Å². The quantitative estimate of drug-likeness (QED) is 0.688. The van der Waals surface area contributed by atoms with E-state index in [1.165, 1.54) is 0 Å². The molecule has 96 valence electrons. The third-order valence-electron chi connectivity index (χ3n) is 2.87. The molecule has 0 spiro atoms. The average molecular weight is 325 g/mol. The predicted octanol–water partition coefficient (Wildman–Crippen LogP) is 4.66. The second kappa shape index (κ2) is 5.32. The Balaban J connectivity index is 1.93. The molecule has 3 nitrogen and oxygen atoms in total. The molecule has 3 aromatic rings. The van der Waals surface area contributed by atoms with Crippen molar-refractivity contribution in [3.8, 4) is 17.6 Å². The predicted molar refractivity (Wildman–Crippen MR) is 80.7 cm³/mol. The summed E-state index contributed by atoms with van der Waals surface area (Å²) in [6, 6.07) is 17.0. The van der Waals surface area contributed by atoms with E-state index in [4.69, 9.17) is 10.00 Å². The van der Waals surface area contributed by atoms with Gasteiger partial charge in [0.05, 0.1) is 11.1 Å². The zero-order valence-corrected chi connectivity index (χ0v) is 12.0. The second-order valence-electron chi connectivity index (χ2n) is 4.21. The summed E-state index contributed by atoms with van der Waals surface area (Å²) in [5.41, 5.74) is 1.47. The van der Waals surface area contributed by atoms with Gasteiger partial charge in [-0.15, -0.1) is 0 Å². The van der Waals surface area contributed by atoms with Crippen LogP contribution in [0, 0.1) is 11.3 Å². The second-order valence-corrected chi connectivity index (χ2v) is 5.07. The fraction of sp³-hybridized carbons (Fsp3) is 0. The molecule has 20 heavy (non-hydrogen) atoms. The van der Waals surface area contributed by atoms with Gasteiger partial charge in [0.2, 0.25) is 0 Å². The molecule has 0 saturated carbocycles. The molecule has 0 radical (unpaired) electrons. The molecule has 4 heteroatoms. The van der Waals surface area contributed by atoms with E-state index in [0.717, 1.165) is 15.4 Å². The van der Waals surface area contributed by atoms with Crippen molar-refractivity contribution in [1.82, 2.24) is 4.98 Å². The van der Waals surface area contributed by atoms with E-state index in [1.807, 2.05) is 30.3 Å². The molecular weight excluding hydrogens is 316 g/mol. The molecule has 0 aliphatic carbocycles. The maximum absolute atomic E-state index is 8.89. The molecule has 0 aliphatic rings. The first-order valence-electron chi connectivity index (χ1n) is 5.98. The van der Waals surface area contributed by atoms with Crippen molar-refractivity contribution in [3.63, 3.8) is 0 Å². The summed E-state index contributed by atoms with van der Waals surface area (Å²) in [6.45, 7) is 0. The van der Waals surface area contributed by atoms with Gasteiger partial charge in [0.1, 0.15) is 17.6 Å². The van der Waals surface area contributed by atoms with Crippen molar-refractivity contribution in [3.05, 3.63) is 64.8 Å². The van der Waals surface area contributed by atoms with Crippen LogP contribution in [-0.2, 0) is 0 Å². The lowest BCUT2D eigenvalue weighted by Crippen LogP contribution is -1.86. The fourth-order valence-electron chi connectivity index (χ4n) is 1.90. The Bertz CT molecular complexity index is 824. The van der Waals surface area contributed by atoms with Gasteiger partial charge in [0.15, 0.2) is 0 Å². The Morgan fingerprint density at radius 3 is 2.65 bits per heavy atom. The van der Waals surface area contributed by atoms with Gasteiger partial charge in [0, 0.05) is 22.1 Å². The number of nitriles is 1. The highest BCUT2D eigenvalue weighted by Crippen LogP contribution is 2.28. The van der Waals surface area contributed by atoms with Crippen LogP contribution in [0.25, 0.3) is 10.9 Å².